The number of piperidine rings is 1. The molecule has 0 radical (unpaired) electrons. The van der Waals surface area contributed by atoms with E-state index in [1.807, 2.05) is 24.3 Å². The molecule has 1 saturated heterocycles. The van der Waals surface area contributed by atoms with Gasteiger partial charge >= 0.3 is 12.1 Å². The molecule has 4 rings (SSSR count). The molecule has 38 heavy (non-hydrogen) atoms. The van der Waals surface area contributed by atoms with Crippen molar-refractivity contribution in [2.75, 3.05) is 32.8 Å². The number of alkyl halides is 3. The van der Waals surface area contributed by atoms with Crippen LogP contribution in [0.5, 0.6) is 0 Å². The van der Waals surface area contributed by atoms with E-state index < -0.39 is 18.8 Å². The molecule has 1 fully saturated rings. The Morgan fingerprint density at radius 3 is 2.34 bits per heavy atom. The van der Waals surface area contributed by atoms with Crippen LogP contribution in [0.4, 0.5) is 13.2 Å². The van der Waals surface area contributed by atoms with Crippen LogP contribution in [0.25, 0.3) is 10.9 Å². The second-order valence-electron chi connectivity index (χ2n) is 9.90. The van der Waals surface area contributed by atoms with Crippen molar-refractivity contribution < 1.29 is 27.5 Å². The van der Waals surface area contributed by atoms with E-state index in [0.29, 0.717) is 18.2 Å². The van der Waals surface area contributed by atoms with E-state index in [-0.39, 0.29) is 19.0 Å². The molecule has 6 nitrogen and oxygen atoms in total. The van der Waals surface area contributed by atoms with Crippen LogP contribution < -0.4 is 0 Å². The monoisotopic (exact) mass is 529 g/mol. The lowest BCUT2D eigenvalue weighted by Crippen LogP contribution is -2.37. The minimum Gasteiger partial charge on any atom is -0.457 e. The first-order chi connectivity index (χ1) is 18.1. The number of hydrogen-bond donors (Lipinski definition) is 1. The number of likely N-dealkylation sites (tertiary alicyclic amines) is 1. The van der Waals surface area contributed by atoms with Crippen LogP contribution in [0, 0.1) is 13.8 Å². The summed E-state index contributed by atoms with van der Waals surface area (Å²) in [6, 6.07) is 14.1. The first-order valence-corrected chi connectivity index (χ1v) is 13.0. The van der Waals surface area contributed by atoms with Crippen molar-refractivity contribution in [3.05, 3.63) is 70.4 Å². The van der Waals surface area contributed by atoms with E-state index in [1.165, 1.54) is 21.6 Å². The molecule has 0 atom stereocenters. The number of aromatic nitrogens is 1. The van der Waals surface area contributed by atoms with Crippen LogP contribution in [-0.4, -0.2) is 65.6 Å². The highest BCUT2D eigenvalue weighted by atomic mass is 19.4. The second-order valence-corrected chi connectivity index (χ2v) is 9.90. The van der Waals surface area contributed by atoms with Crippen molar-refractivity contribution >= 4 is 22.8 Å². The third kappa shape index (κ3) is 6.04. The predicted octanol–water partition coefficient (Wildman–Crippen LogP) is 5.73. The summed E-state index contributed by atoms with van der Waals surface area (Å²) in [6.45, 7) is 8.07. The Morgan fingerprint density at radius 1 is 1.05 bits per heavy atom. The molecule has 1 aromatic heterocycles. The summed E-state index contributed by atoms with van der Waals surface area (Å²) < 4.78 is 41.7. The lowest BCUT2D eigenvalue weighted by Gasteiger charge is -2.33. The van der Waals surface area contributed by atoms with E-state index in [1.54, 1.807) is 6.92 Å². The van der Waals surface area contributed by atoms with E-state index in [4.69, 9.17) is 0 Å². The van der Waals surface area contributed by atoms with Crippen LogP contribution in [0.2, 0.25) is 0 Å². The van der Waals surface area contributed by atoms with Gasteiger partial charge in [-0.2, -0.15) is 13.2 Å². The number of likely N-dealkylation sites (N-methyl/N-ethyl adjacent to an activating group) is 1. The van der Waals surface area contributed by atoms with Crippen LogP contribution >= 0.6 is 0 Å². The fourth-order valence-corrected chi connectivity index (χ4v) is 5.51. The number of halogens is 3. The smallest absolute Gasteiger partial charge is 0.457 e. The van der Waals surface area contributed by atoms with E-state index in [2.05, 4.69) is 46.7 Å². The van der Waals surface area contributed by atoms with Gasteiger partial charge in [0.05, 0.1) is 6.54 Å². The molecule has 0 bridgehead atoms. The number of fused-ring (bicyclic) bond motifs is 1. The molecule has 1 aliphatic heterocycles. The highest BCUT2D eigenvalue weighted by Crippen LogP contribution is 2.34. The highest BCUT2D eigenvalue weighted by molar-refractivity contribution is 6.01. The summed E-state index contributed by atoms with van der Waals surface area (Å²) in [6.07, 6.45) is -3.00. The summed E-state index contributed by atoms with van der Waals surface area (Å²) in [4.78, 5) is 31.6. The number of H-pyrrole nitrogens is 1. The van der Waals surface area contributed by atoms with Gasteiger partial charge < -0.3 is 14.6 Å². The summed E-state index contributed by atoms with van der Waals surface area (Å²) in [7, 11) is 0. The fourth-order valence-electron chi connectivity index (χ4n) is 5.51. The fraction of sp³-hybridized carbons (Fsp3) is 0.448. The molecule has 0 spiro atoms. The van der Waals surface area contributed by atoms with Gasteiger partial charge in [0.2, 0.25) is 0 Å². The Morgan fingerprint density at radius 2 is 1.71 bits per heavy atom. The SMILES string of the molecule is CCN(CCOC(=O)C(F)(F)F)C(=O)c1[nH]c2ccccc2c1CN1CCC(c2c(C)cccc2C)CC1. The molecule has 3 aromatic rings. The Bertz CT molecular complexity index is 1270. The first-order valence-electron chi connectivity index (χ1n) is 13.0. The van der Waals surface area contributed by atoms with Gasteiger partial charge in [0.25, 0.3) is 5.91 Å². The first kappa shape index (κ1) is 27.7. The number of carbonyl (C=O) groups excluding carboxylic acids is 2. The summed E-state index contributed by atoms with van der Waals surface area (Å²) in [5.74, 6) is -2.07. The lowest BCUT2D eigenvalue weighted by atomic mass is 9.84. The largest absolute Gasteiger partial charge is 0.490 e. The van der Waals surface area contributed by atoms with Gasteiger partial charge in [-0.3, -0.25) is 9.69 Å². The number of ether oxygens (including phenoxy) is 1. The van der Waals surface area contributed by atoms with Crippen molar-refractivity contribution in [1.82, 2.24) is 14.8 Å². The van der Waals surface area contributed by atoms with Crippen LogP contribution in [0.3, 0.4) is 0 Å². The second kappa shape index (κ2) is 11.6. The zero-order chi connectivity index (χ0) is 27.4. The average molecular weight is 530 g/mol. The number of para-hydroxylation sites is 1. The van der Waals surface area contributed by atoms with Gasteiger partial charge in [0.1, 0.15) is 12.3 Å². The number of aromatic amines is 1. The topological polar surface area (TPSA) is 65.6 Å². The average Bonchev–Trinajstić information content (AvgIpc) is 3.24. The molecule has 0 aliphatic carbocycles. The number of esters is 1. The number of aryl methyl sites for hydroxylation is 2. The maximum Gasteiger partial charge on any atom is 0.490 e. The molecule has 2 heterocycles. The molecule has 204 valence electrons. The Hall–Kier alpha value is -3.33. The van der Waals surface area contributed by atoms with Crippen molar-refractivity contribution in [2.45, 2.75) is 52.3 Å². The molecule has 0 unspecified atom stereocenters. The summed E-state index contributed by atoms with van der Waals surface area (Å²) in [5.41, 5.74) is 6.23. The zero-order valence-corrected chi connectivity index (χ0v) is 22.0. The van der Waals surface area contributed by atoms with E-state index in [9.17, 15) is 22.8 Å². The number of benzene rings is 2. The molecule has 0 saturated carbocycles. The highest BCUT2D eigenvalue weighted by Gasteiger charge is 2.41. The number of nitrogens with zero attached hydrogens (tertiary/aromatic N) is 2. The normalized spacial score (nSPS) is 15.1. The van der Waals surface area contributed by atoms with E-state index >= 15 is 0 Å². The third-order valence-corrected chi connectivity index (χ3v) is 7.44. The van der Waals surface area contributed by atoms with Crippen molar-refractivity contribution in [3.63, 3.8) is 0 Å². The number of hydrogen-bond acceptors (Lipinski definition) is 4. The summed E-state index contributed by atoms with van der Waals surface area (Å²) >= 11 is 0. The van der Waals surface area contributed by atoms with Gasteiger partial charge in [-0.15, -0.1) is 0 Å². The number of nitrogens with one attached hydrogen (secondary N) is 1. The molecule has 9 heteroatoms. The molecule has 2 aromatic carbocycles. The van der Waals surface area contributed by atoms with Gasteiger partial charge in [-0.05, 0) is 75.4 Å². The molecule has 1 amide bonds. The third-order valence-electron chi connectivity index (χ3n) is 7.44. The molecule has 1 N–H and O–H groups in total. The van der Waals surface area contributed by atoms with Crippen LogP contribution in [0.15, 0.2) is 42.5 Å². The molecular weight excluding hydrogens is 495 g/mol. The van der Waals surface area contributed by atoms with Crippen molar-refractivity contribution in [3.8, 4) is 0 Å². The van der Waals surface area contributed by atoms with Gasteiger partial charge in [0.15, 0.2) is 0 Å². The van der Waals surface area contributed by atoms with Crippen LogP contribution in [0.1, 0.15) is 58.4 Å². The Balaban J connectivity index is 1.49. The molecule has 1 aliphatic rings. The Kier molecular flexibility index (Phi) is 8.45. The van der Waals surface area contributed by atoms with Crippen LogP contribution in [-0.2, 0) is 16.1 Å². The maximum absolute atomic E-state index is 13.5. The standard InChI is InChI=1S/C29H34F3N3O3/c1-4-35(16-17-38-28(37)29(30,31)32)27(36)26-23(22-10-5-6-11-24(22)33-26)18-34-14-12-21(13-15-34)25-19(2)8-7-9-20(25)3/h5-11,21,33H,4,12-18H2,1-3H3. The van der Waals surface area contributed by atoms with Gasteiger partial charge in [-0.25, -0.2) is 4.79 Å². The predicted molar refractivity (Wildman–Crippen MR) is 140 cm³/mol. The van der Waals surface area contributed by atoms with Crippen molar-refractivity contribution in [1.29, 1.82) is 0 Å². The van der Waals surface area contributed by atoms with Crippen molar-refractivity contribution in [2.24, 2.45) is 0 Å². The summed E-state index contributed by atoms with van der Waals surface area (Å²) in [5, 5.41) is 0.951. The maximum atomic E-state index is 13.5. The number of rotatable bonds is 8. The van der Waals surface area contributed by atoms with Gasteiger partial charge in [0, 0.05) is 29.6 Å². The number of amides is 1. The number of carbonyl (C=O) groups is 2. The van der Waals surface area contributed by atoms with Gasteiger partial charge in [-0.1, -0.05) is 36.4 Å². The molecular formula is C29H34F3N3O3. The van der Waals surface area contributed by atoms with E-state index in [0.717, 1.165) is 42.4 Å². The zero-order valence-electron chi connectivity index (χ0n) is 22.0. The lowest BCUT2D eigenvalue weighted by molar-refractivity contribution is -0.199. The minimum atomic E-state index is -5.06. The minimum absolute atomic E-state index is 0.132. The quantitative estimate of drug-likeness (QED) is 0.379. The Labute approximate surface area is 220 Å².